The highest BCUT2D eigenvalue weighted by molar-refractivity contribution is 7.99. The SMILES string of the molecule is C[C@@H]1COc2cc(N3CCSCC3)ccc2S(=O)(=O)N1C. The molecule has 0 amide bonds. The minimum absolute atomic E-state index is 0.169. The van der Waals surface area contributed by atoms with Crippen molar-refractivity contribution in [2.45, 2.75) is 17.9 Å². The number of nitrogens with zero attached hydrogens (tertiary/aromatic N) is 2. The summed E-state index contributed by atoms with van der Waals surface area (Å²) >= 11 is 1.95. The lowest BCUT2D eigenvalue weighted by atomic mass is 10.2. The fraction of sp³-hybridized carbons (Fsp3) is 0.571. The maximum Gasteiger partial charge on any atom is 0.246 e. The summed E-state index contributed by atoms with van der Waals surface area (Å²) in [5, 5.41) is 0. The number of anilines is 1. The summed E-state index contributed by atoms with van der Waals surface area (Å²) in [5.41, 5.74) is 1.04. The predicted molar refractivity (Wildman–Crippen MR) is 85.9 cm³/mol. The Morgan fingerprint density at radius 2 is 2.00 bits per heavy atom. The number of fused-ring (bicyclic) bond motifs is 1. The molecule has 0 saturated carbocycles. The van der Waals surface area contributed by atoms with Gasteiger partial charge in [-0.25, -0.2) is 8.42 Å². The van der Waals surface area contributed by atoms with Gasteiger partial charge in [-0.3, -0.25) is 0 Å². The predicted octanol–water partition coefficient (Wildman–Crippen LogP) is 1.64. The molecular formula is C14H20N2O3S2. The Kier molecular flexibility index (Phi) is 4.07. The molecular weight excluding hydrogens is 308 g/mol. The number of thioether (sulfide) groups is 1. The average molecular weight is 328 g/mol. The van der Waals surface area contributed by atoms with Crippen LogP contribution in [0.1, 0.15) is 6.92 Å². The smallest absolute Gasteiger partial charge is 0.246 e. The summed E-state index contributed by atoms with van der Waals surface area (Å²) in [6.07, 6.45) is 0. The molecule has 1 aromatic carbocycles. The van der Waals surface area contributed by atoms with Gasteiger partial charge in [0.2, 0.25) is 10.0 Å². The molecule has 7 heteroatoms. The maximum atomic E-state index is 12.6. The van der Waals surface area contributed by atoms with E-state index >= 15 is 0 Å². The van der Waals surface area contributed by atoms with Crippen molar-refractivity contribution in [1.82, 2.24) is 4.31 Å². The molecule has 5 nitrogen and oxygen atoms in total. The minimum Gasteiger partial charge on any atom is -0.490 e. The van der Waals surface area contributed by atoms with E-state index in [9.17, 15) is 8.42 Å². The van der Waals surface area contributed by atoms with Crippen molar-refractivity contribution >= 4 is 27.5 Å². The minimum atomic E-state index is -3.47. The van der Waals surface area contributed by atoms with Crippen LogP contribution in [0.3, 0.4) is 0 Å². The maximum absolute atomic E-state index is 12.6. The van der Waals surface area contributed by atoms with Gasteiger partial charge in [-0.2, -0.15) is 16.1 Å². The number of ether oxygens (including phenoxy) is 1. The van der Waals surface area contributed by atoms with Crippen molar-refractivity contribution < 1.29 is 13.2 Å². The van der Waals surface area contributed by atoms with E-state index in [0.717, 1.165) is 30.3 Å². The highest BCUT2D eigenvalue weighted by Gasteiger charge is 2.32. The molecule has 0 spiro atoms. The first-order valence-corrected chi connectivity index (χ1v) is 9.67. The van der Waals surface area contributed by atoms with E-state index in [4.69, 9.17) is 4.74 Å². The molecule has 0 aliphatic carbocycles. The van der Waals surface area contributed by atoms with Gasteiger partial charge >= 0.3 is 0 Å². The van der Waals surface area contributed by atoms with E-state index in [1.807, 2.05) is 30.8 Å². The largest absolute Gasteiger partial charge is 0.490 e. The van der Waals surface area contributed by atoms with E-state index in [-0.39, 0.29) is 10.9 Å². The zero-order chi connectivity index (χ0) is 15.0. The van der Waals surface area contributed by atoms with Gasteiger partial charge in [0.15, 0.2) is 0 Å². The van der Waals surface area contributed by atoms with E-state index in [1.165, 1.54) is 4.31 Å². The van der Waals surface area contributed by atoms with E-state index in [1.54, 1.807) is 13.1 Å². The van der Waals surface area contributed by atoms with Gasteiger partial charge in [-0.1, -0.05) is 0 Å². The summed E-state index contributed by atoms with van der Waals surface area (Å²) in [5.74, 6) is 2.69. The zero-order valence-corrected chi connectivity index (χ0v) is 13.9. The summed E-state index contributed by atoms with van der Waals surface area (Å²) < 4.78 is 32.2. The summed E-state index contributed by atoms with van der Waals surface area (Å²) in [6.45, 7) is 4.22. The van der Waals surface area contributed by atoms with Crippen LogP contribution in [-0.4, -0.2) is 57.0 Å². The molecule has 0 bridgehead atoms. The first kappa shape index (κ1) is 15.0. The van der Waals surface area contributed by atoms with E-state index in [2.05, 4.69) is 4.90 Å². The fourth-order valence-corrected chi connectivity index (χ4v) is 4.91. The van der Waals surface area contributed by atoms with Gasteiger partial charge in [0.1, 0.15) is 17.3 Å². The first-order valence-electron chi connectivity index (χ1n) is 7.08. The molecule has 1 atom stereocenters. The molecule has 0 N–H and O–H groups in total. The molecule has 116 valence electrons. The van der Waals surface area contributed by atoms with E-state index in [0.29, 0.717) is 12.4 Å². The monoisotopic (exact) mass is 328 g/mol. The van der Waals surface area contributed by atoms with Gasteiger partial charge in [-0.05, 0) is 19.1 Å². The summed E-state index contributed by atoms with van der Waals surface area (Å²) in [4.78, 5) is 2.55. The quantitative estimate of drug-likeness (QED) is 0.784. The van der Waals surface area contributed by atoms with Crippen LogP contribution in [-0.2, 0) is 10.0 Å². The topological polar surface area (TPSA) is 49.9 Å². The van der Waals surface area contributed by atoms with Crippen LogP contribution >= 0.6 is 11.8 Å². The van der Waals surface area contributed by atoms with Gasteiger partial charge in [-0.15, -0.1) is 0 Å². The van der Waals surface area contributed by atoms with Gasteiger partial charge in [0.05, 0.1) is 6.04 Å². The lowest BCUT2D eigenvalue weighted by Gasteiger charge is -2.29. The van der Waals surface area contributed by atoms with Crippen LogP contribution in [0.15, 0.2) is 23.1 Å². The summed E-state index contributed by atoms with van der Waals surface area (Å²) in [7, 11) is -1.86. The third-order valence-electron chi connectivity index (χ3n) is 4.06. The van der Waals surface area contributed by atoms with Crippen LogP contribution < -0.4 is 9.64 Å². The third kappa shape index (κ3) is 2.74. The van der Waals surface area contributed by atoms with Gasteiger partial charge in [0.25, 0.3) is 0 Å². The van der Waals surface area contributed by atoms with Gasteiger partial charge < -0.3 is 9.64 Å². The highest BCUT2D eigenvalue weighted by atomic mass is 32.2. The second-order valence-corrected chi connectivity index (χ2v) is 8.60. The standard InChI is InChI=1S/C14H20N2O3S2/c1-11-10-19-13-9-12(16-5-7-20-8-6-16)3-4-14(13)21(17,18)15(11)2/h3-4,9,11H,5-8,10H2,1-2H3/t11-/m1/s1. The van der Waals surface area contributed by atoms with Crippen molar-refractivity contribution in [3.8, 4) is 5.75 Å². The van der Waals surface area contributed by atoms with Crippen molar-refractivity contribution in [3.05, 3.63) is 18.2 Å². The molecule has 2 aliphatic heterocycles. The Hall–Kier alpha value is -0.920. The summed E-state index contributed by atoms with van der Waals surface area (Å²) in [6, 6.07) is 5.27. The number of rotatable bonds is 1. The molecule has 2 heterocycles. The second kappa shape index (κ2) is 5.70. The Balaban J connectivity index is 1.99. The molecule has 1 aromatic rings. The lowest BCUT2D eigenvalue weighted by molar-refractivity contribution is 0.241. The molecule has 2 aliphatic rings. The average Bonchev–Trinajstić information content (AvgIpc) is 2.59. The van der Waals surface area contributed by atoms with Gasteiger partial charge in [0, 0.05) is 43.4 Å². The Morgan fingerprint density at radius 3 is 2.71 bits per heavy atom. The van der Waals surface area contributed by atoms with Crippen molar-refractivity contribution in [1.29, 1.82) is 0 Å². The van der Waals surface area contributed by atoms with Crippen LogP contribution in [0.5, 0.6) is 5.75 Å². The zero-order valence-electron chi connectivity index (χ0n) is 12.3. The van der Waals surface area contributed by atoms with Crippen LogP contribution in [0.4, 0.5) is 5.69 Å². The normalized spacial score (nSPS) is 25.8. The van der Waals surface area contributed by atoms with Crippen molar-refractivity contribution in [2.75, 3.05) is 43.1 Å². The number of hydrogen-bond donors (Lipinski definition) is 0. The fourth-order valence-electron chi connectivity index (χ4n) is 2.55. The van der Waals surface area contributed by atoms with Crippen LogP contribution in [0.25, 0.3) is 0 Å². The number of benzene rings is 1. The Bertz CT molecular complexity index is 627. The second-order valence-electron chi connectivity index (χ2n) is 5.41. The molecule has 0 unspecified atom stereocenters. The molecule has 0 radical (unpaired) electrons. The molecule has 0 aromatic heterocycles. The Morgan fingerprint density at radius 1 is 1.29 bits per heavy atom. The van der Waals surface area contributed by atoms with Crippen LogP contribution in [0.2, 0.25) is 0 Å². The molecule has 1 fully saturated rings. The first-order chi connectivity index (χ1) is 10.00. The van der Waals surface area contributed by atoms with Crippen molar-refractivity contribution in [2.24, 2.45) is 0 Å². The van der Waals surface area contributed by atoms with Crippen LogP contribution in [0, 0.1) is 0 Å². The van der Waals surface area contributed by atoms with Crippen molar-refractivity contribution in [3.63, 3.8) is 0 Å². The molecule has 21 heavy (non-hydrogen) atoms. The van der Waals surface area contributed by atoms with E-state index < -0.39 is 10.0 Å². The number of likely N-dealkylation sites (N-methyl/N-ethyl adjacent to an activating group) is 1. The Labute approximate surface area is 130 Å². The molecule has 1 saturated heterocycles. The molecule has 3 rings (SSSR count). The lowest BCUT2D eigenvalue weighted by Crippen LogP contribution is -2.36. The highest BCUT2D eigenvalue weighted by Crippen LogP contribution is 2.34. The number of hydrogen-bond acceptors (Lipinski definition) is 5. The number of sulfonamides is 1. The third-order valence-corrected chi connectivity index (χ3v) is 7.02.